The summed E-state index contributed by atoms with van der Waals surface area (Å²) in [6.45, 7) is 5.51. The van der Waals surface area contributed by atoms with Gasteiger partial charge in [0.1, 0.15) is 0 Å². The molecule has 92 valence electrons. The molecule has 0 amide bonds. The fourth-order valence-electron chi connectivity index (χ4n) is 2.65. The highest BCUT2D eigenvalue weighted by Gasteiger charge is 2.33. The van der Waals surface area contributed by atoms with E-state index in [1.165, 1.54) is 24.9 Å². The molecular formula is C14H21N3. The highest BCUT2D eigenvalue weighted by molar-refractivity contribution is 5.45. The molecule has 1 saturated carbocycles. The number of hydrogen-bond donors (Lipinski definition) is 1. The molecule has 1 aliphatic carbocycles. The van der Waals surface area contributed by atoms with Crippen LogP contribution in [0.25, 0.3) is 0 Å². The van der Waals surface area contributed by atoms with Crippen molar-refractivity contribution in [1.82, 2.24) is 10.3 Å². The van der Waals surface area contributed by atoms with Crippen LogP contribution in [0, 0.1) is 12.8 Å². The van der Waals surface area contributed by atoms with Crippen LogP contribution in [0.2, 0.25) is 0 Å². The lowest BCUT2D eigenvalue weighted by molar-refractivity contribution is 0.490. The molecule has 1 N–H and O–H groups in total. The summed E-state index contributed by atoms with van der Waals surface area (Å²) in [6.07, 6.45) is 6.08. The van der Waals surface area contributed by atoms with Crippen molar-refractivity contribution >= 4 is 5.69 Å². The predicted octanol–water partition coefficient (Wildman–Crippen LogP) is 1.97. The number of anilines is 1. The van der Waals surface area contributed by atoms with E-state index in [2.05, 4.69) is 27.3 Å². The van der Waals surface area contributed by atoms with Gasteiger partial charge in [0.05, 0.1) is 11.9 Å². The molecule has 2 fully saturated rings. The smallest absolute Gasteiger partial charge is 0.0553 e. The molecule has 0 aromatic carbocycles. The van der Waals surface area contributed by atoms with Gasteiger partial charge in [0.2, 0.25) is 0 Å². The molecule has 3 heteroatoms. The molecule has 0 radical (unpaired) electrons. The summed E-state index contributed by atoms with van der Waals surface area (Å²) < 4.78 is 0. The van der Waals surface area contributed by atoms with Crippen molar-refractivity contribution in [3.8, 4) is 0 Å². The molecule has 3 nitrogen and oxygen atoms in total. The van der Waals surface area contributed by atoms with E-state index in [1.54, 1.807) is 0 Å². The molecule has 17 heavy (non-hydrogen) atoms. The third-order valence-electron chi connectivity index (χ3n) is 3.88. The molecule has 2 aliphatic rings. The lowest BCUT2D eigenvalue weighted by Crippen LogP contribution is -2.39. The van der Waals surface area contributed by atoms with Gasteiger partial charge in [0, 0.05) is 24.8 Å². The Kier molecular flexibility index (Phi) is 3.02. The Morgan fingerprint density at radius 1 is 1.35 bits per heavy atom. The summed E-state index contributed by atoms with van der Waals surface area (Å²) in [5.74, 6) is 0.925. The Labute approximate surface area is 103 Å². The van der Waals surface area contributed by atoms with E-state index < -0.39 is 0 Å². The van der Waals surface area contributed by atoms with E-state index in [9.17, 15) is 0 Å². The Morgan fingerprint density at radius 2 is 2.24 bits per heavy atom. The molecule has 1 aromatic rings. The van der Waals surface area contributed by atoms with Gasteiger partial charge in [-0.3, -0.25) is 4.98 Å². The van der Waals surface area contributed by atoms with E-state index in [4.69, 9.17) is 0 Å². The third-order valence-corrected chi connectivity index (χ3v) is 3.88. The summed E-state index contributed by atoms with van der Waals surface area (Å²) in [5.41, 5.74) is 2.38. The van der Waals surface area contributed by atoms with Gasteiger partial charge in [-0.05, 0) is 50.8 Å². The normalized spacial score (nSPS) is 25.7. The molecule has 1 aliphatic heterocycles. The Morgan fingerprint density at radius 3 is 2.94 bits per heavy atom. The van der Waals surface area contributed by atoms with Gasteiger partial charge in [-0.1, -0.05) is 0 Å². The first-order valence-electron chi connectivity index (χ1n) is 6.74. The zero-order valence-electron chi connectivity index (χ0n) is 10.5. The van der Waals surface area contributed by atoms with Crippen LogP contribution in [0.4, 0.5) is 5.69 Å². The van der Waals surface area contributed by atoms with Crippen molar-refractivity contribution in [3.63, 3.8) is 0 Å². The molecule has 1 unspecified atom stereocenters. The number of rotatable bonds is 2. The Balaban J connectivity index is 1.73. The number of aromatic nitrogens is 1. The lowest BCUT2D eigenvalue weighted by atomic mass is 10.1. The van der Waals surface area contributed by atoms with Crippen LogP contribution >= 0.6 is 0 Å². The summed E-state index contributed by atoms with van der Waals surface area (Å²) in [7, 11) is 0. The first kappa shape index (κ1) is 11.0. The molecular weight excluding hydrogens is 210 g/mol. The van der Waals surface area contributed by atoms with Crippen molar-refractivity contribution in [1.29, 1.82) is 0 Å². The topological polar surface area (TPSA) is 28.2 Å². The predicted molar refractivity (Wildman–Crippen MR) is 70.3 cm³/mol. The minimum Gasteiger partial charge on any atom is -0.369 e. The second-order valence-electron chi connectivity index (χ2n) is 5.36. The Hall–Kier alpha value is -1.09. The standard InChI is InChI=1S/C14H21N3/c1-11-3-6-13(9-16-11)17-8-2-7-15-14(10-17)12-4-5-12/h3,6,9,12,14-15H,2,4-5,7-8,10H2,1H3. The minimum absolute atomic E-state index is 0.693. The summed E-state index contributed by atoms with van der Waals surface area (Å²) in [4.78, 5) is 6.90. The fraction of sp³-hybridized carbons (Fsp3) is 0.643. The Bertz CT molecular complexity index is 370. The summed E-state index contributed by atoms with van der Waals surface area (Å²) >= 11 is 0. The van der Waals surface area contributed by atoms with Crippen molar-refractivity contribution < 1.29 is 0 Å². The molecule has 3 rings (SSSR count). The van der Waals surface area contributed by atoms with Gasteiger partial charge in [-0.25, -0.2) is 0 Å². The van der Waals surface area contributed by atoms with E-state index >= 15 is 0 Å². The van der Waals surface area contributed by atoms with E-state index in [1.807, 2.05) is 13.1 Å². The first-order chi connectivity index (χ1) is 8.33. The molecule has 1 aromatic heterocycles. The third kappa shape index (κ3) is 2.60. The second kappa shape index (κ2) is 4.65. The van der Waals surface area contributed by atoms with Crippen molar-refractivity contribution in [2.75, 3.05) is 24.5 Å². The van der Waals surface area contributed by atoms with E-state index in [0.717, 1.165) is 31.2 Å². The van der Waals surface area contributed by atoms with Crippen LogP contribution in [0.3, 0.4) is 0 Å². The highest BCUT2D eigenvalue weighted by Crippen LogP contribution is 2.34. The van der Waals surface area contributed by atoms with Gasteiger partial charge in [0.25, 0.3) is 0 Å². The zero-order chi connectivity index (χ0) is 11.7. The maximum atomic E-state index is 4.41. The maximum absolute atomic E-state index is 4.41. The average molecular weight is 231 g/mol. The van der Waals surface area contributed by atoms with Gasteiger partial charge in [-0.15, -0.1) is 0 Å². The van der Waals surface area contributed by atoms with Crippen LogP contribution in [0.5, 0.6) is 0 Å². The van der Waals surface area contributed by atoms with Crippen molar-refractivity contribution in [3.05, 3.63) is 24.0 Å². The highest BCUT2D eigenvalue weighted by atomic mass is 15.2. The van der Waals surface area contributed by atoms with Gasteiger partial charge >= 0.3 is 0 Å². The zero-order valence-corrected chi connectivity index (χ0v) is 10.5. The van der Waals surface area contributed by atoms with Gasteiger partial charge in [-0.2, -0.15) is 0 Å². The van der Waals surface area contributed by atoms with E-state index in [0.29, 0.717) is 6.04 Å². The monoisotopic (exact) mass is 231 g/mol. The fourth-order valence-corrected chi connectivity index (χ4v) is 2.65. The van der Waals surface area contributed by atoms with Crippen LogP contribution in [-0.4, -0.2) is 30.7 Å². The largest absolute Gasteiger partial charge is 0.369 e. The van der Waals surface area contributed by atoms with Gasteiger partial charge < -0.3 is 10.2 Å². The number of aryl methyl sites for hydroxylation is 1. The van der Waals surface area contributed by atoms with Crippen molar-refractivity contribution in [2.45, 2.75) is 32.2 Å². The number of nitrogens with one attached hydrogen (secondary N) is 1. The number of hydrogen-bond acceptors (Lipinski definition) is 3. The first-order valence-corrected chi connectivity index (χ1v) is 6.74. The molecule has 0 bridgehead atoms. The van der Waals surface area contributed by atoms with Crippen molar-refractivity contribution in [2.24, 2.45) is 5.92 Å². The van der Waals surface area contributed by atoms with Crippen LogP contribution in [0.1, 0.15) is 25.0 Å². The molecule has 2 heterocycles. The van der Waals surface area contributed by atoms with Crippen LogP contribution in [0.15, 0.2) is 18.3 Å². The molecule has 0 spiro atoms. The van der Waals surface area contributed by atoms with Crippen LogP contribution < -0.4 is 10.2 Å². The minimum atomic E-state index is 0.693. The number of pyridine rings is 1. The molecule has 1 atom stereocenters. The summed E-state index contributed by atoms with van der Waals surface area (Å²) in [5, 5.41) is 3.69. The summed E-state index contributed by atoms with van der Waals surface area (Å²) in [6, 6.07) is 5.01. The van der Waals surface area contributed by atoms with Gasteiger partial charge in [0.15, 0.2) is 0 Å². The number of nitrogens with zero attached hydrogens (tertiary/aromatic N) is 2. The van der Waals surface area contributed by atoms with Crippen LogP contribution in [-0.2, 0) is 0 Å². The average Bonchev–Trinajstić information content (AvgIpc) is 3.16. The SMILES string of the molecule is Cc1ccc(N2CCCNC(C3CC3)C2)cn1. The second-order valence-corrected chi connectivity index (χ2v) is 5.36. The van der Waals surface area contributed by atoms with E-state index in [-0.39, 0.29) is 0 Å². The lowest BCUT2D eigenvalue weighted by Gasteiger charge is -2.26. The quantitative estimate of drug-likeness (QED) is 0.843. The maximum Gasteiger partial charge on any atom is 0.0553 e. The molecule has 1 saturated heterocycles.